The van der Waals surface area contributed by atoms with E-state index in [1.807, 2.05) is 0 Å². The zero-order valence-electron chi connectivity index (χ0n) is 12.4. The number of anilines is 2. The van der Waals surface area contributed by atoms with E-state index in [1.54, 1.807) is 48.7 Å². The van der Waals surface area contributed by atoms with Crippen LogP contribution in [0.3, 0.4) is 0 Å². The highest BCUT2D eigenvalue weighted by Crippen LogP contribution is 2.25. The van der Waals surface area contributed by atoms with Crippen LogP contribution in [0.2, 0.25) is 0 Å². The molecule has 6 nitrogen and oxygen atoms in total. The highest BCUT2D eigenvalue weighted by molar-refractivity contribution is 5.89. The number of benzene rings is 2. The average molecular weight is 321 g/mol. The van der Waals surface area contributed by atoms with E-state index < -0.39 is 0 Å². The normalized spacial score (nSPS) is 10.9. The van der Waals surface area contributed by atoms with Gasteiger partial charge in [-0.3, -0.25) is 0 Å². The lowest BCUT2D eigenvalue weighted by atomic mass is 10.3. The van der Waals surface area contributed by atoms with Crippen LogP contribution in [-0.2, 0) is 0 Å². The maximum atomic E-state index is 14.0. The van der Waals surface area contributed by atoms with Crippen molar-refractivity contribution in [1.82, 2.24) is 19.7 Å². The van der Waals surface area contributed by atoms with Gasteiger partial charge in [0.15, 0.2) is 5.65 Å². The minimum absolute atomic E-state index is 0.181. The minimum atomic E-state index is -0.380. The molecule has 0 unspecified atom stereocenters. The van der Waals surface area contributed by atoms with Gasteiger partial charge in [0.25, 0.3) is 0 Å². The molecule has 2 aromatic heterocycles. The molecule has 0 spiro atoms. The van der Waals surface area contributed by atoms with Crippen molar-refractivity contribution in [2.75, 3.05) is 5.32 Å². The molecule has 0 saturated carbocycles. The Morgan fingerprint density at radius 3 is 2.58 bits per heavy atom. The molecule has 2 aromatic carbocycles. The molecule has 0 bridgehead atoms. The van der Waals surface area contributed by atoms with Crippen LogP contribution in [0.5, 0.6) is 5.75 Å². The second-order valence-electron chi connectivity index (χ2n) is 5.14. The molecule has 7 heteroatoms. The summed E-state index contributed by atoms with van der Waals surface area (Å²) < 4.78 is 15.5. The van der Waals surface area contributed by atoms with E-state index in [4.69, 9.17) is 0 Å². The Bertz CT molecular complexity index is 1010. The molecule has 0 saturated heterocycles. The number of fused-ring (bicyclic) bond motifs is 1. The predicted molar refractivity (Wildman–Crippen MR) is 88.0 cm³/mol. The van der Waals surface area contributed by atoms with Crippen molar-refractivity contribution in [3.05, 3.63) is 66.9 Å². The number of aromatic nitrogens is 4. The molecule has 118 valence electrons. The summed E-state index contributed by atoms with van der Waals surface area (Å²) in [5.41, 5.74) is 1.57. The number of hydrogen-bond acceptors (Lipinski definition) is 5. The van der Waals surface area contributed by atoms with E-state index in [2.05, 4.69) is 20.4 Å². The van der Waals surface area contributed by atoms with Gasteiger partial charge in [-0.15, -0.1) is 0 Å². The van der Waals surface area contributed by atoms with Gasteiger partial charge in [0.2, 0.25) is 0 Å². The third kappa shape index (κ3) is 2.41. The van der Waals surface area contributed by atoms with Gasteiger partial charge < -0.3 is 10.4 Å². The number of nitrogens with one attached hydrogen (secondary N) is 1. The molecule has 0 aliphatic heterocycles. The number of phenols is 1. The van der Waals surface area contributed by atoms with Gasteiger partial charge in [0, 0.05) is 5.69 Å². The van der Waals surface area contributed by atoms with Gasteiger partial charge in [0.1, 0.15) is 29.4 Å². The highest BCUT2D eigenvalue weighted by Gasteiger charge is 2.13. The molecule has 2 N–H and O–H groups in total. The lowest BCUT2D eigenvalue weighted by molar-refractivity contribution is 0.475. The van der Waals surface area contributed by atoms with Gasteiger partial charge >= 0.3 is 0 Å². The quantitative estimate of drug-likeness (QED) is 0.566. The Hall–Kier alpha value is -3.48. The number of nitrogens with zero attached hydrogens (tertiary/aromatic N) is 4. The van der Waals surface area contributed by atoms with Crippen LogP contribution in [0.15, 0.2) is 61.1 Å². The van der Waals surface area contributed by atoms with Gasteiger partial charge in [-0.25, -0.2) is 19.0 Å². The Balaban J connectivity index is 1.79. The van der Waals surface area contributed by atoms with Crippen molar-refractivity contribution in [2.45, 2.75) is 0 Å². The van der Waals surface area contributed by atoms with Crippen LogP contribution in [0, 0.1) is 5.82 Å². The molecular weight excluding hydrogens is 309 g/mol. The zero-order chi connectivity index (χ0) is 16.5. The largest absolute Gasteiger partial charge is 0.508 e. The molecule has 0 amide bonds. The SMILES string of the molecule is Oc1ccc(Nc2ncnc3c2cnn3-c2ccccc2F)cc1. The molecular formula is C17H12FN5O. The van der Waals surface area contributed by atoms with Crippen LogP contribution in [-0.4, -0.2) is 24.9 Å². The van der Waals surface area contributed by atoms with E-state index >= 15 is 0 Å². The third-order valence-corrected chi connectivity index (χ3v) is 3.58. The fourth-order valence-electron chi connectivity index (χ4n) is 2.42. The highest BCUT2D eigenvalue weighted by atomic mass is 19.1. The summed E-state index contributed by atoms with van der Waals surface area (Å²) in [7, 11) is 0. The Morgan fingerprint density at radius 2 is 1.79 bits per heavy atom. The fraction of sp³-hybridized carbons (Fsp3) is 0. The summed E-state index contributed by atoms with van der Waals surface area (Å²) in [4.78, 5) is 8.44. The summed E-state index contributed by atoms with van der Waals surface area (Å²) in [6, 6.07) is 13.0. The Labute approximate surface area is 136 Å². The average Bonchev–Trinajstić information content (AvgIpc) is 3.02. The molecule has 0 atom stereocenters. The third-order valence-electron chi connectivity index (χ3n) is 3.58. The Morgan fingerprint density at radius 1 is 1.00 bits per heavy atom. The number of phenolic OH excluding ortho intramolecular Hbond substituents is 1. The van der Waals surface area contributed by atoms with Crippen LogP contribution < -0.4 is 5.32 Å². The molecule has 0 aliphatic carbocycles. The van der Waals surface area contributed by atoms with E-state index in [1.165, 1.54) is 17.1 Å². The van der Waals surface area contributed by atoms with E-state index in [9.17, 15) is 9.50 Å². The first-order valence-electron chi connectivity index (χ1n) is 7.22. The number of halogens is 1. The molecule has 2 heterocycles. The smallest absolute Gasteiger partial charge is 0.168 e. The standard InChI is InChI=1S/C17H12FN5O/c18-14-3-1-2-4-15(14)23-17-13(9-21-23)16(19-10-20-17)22-11-5-7-12(24)8-6-11/h1-10,24H,(H,19,20,22). The first kappa shape index (κ1) is 14.1. The fourth-order valence-corrected chi connectivity index (χ4v) is 2.42. The van der Waals surface area contributed by atoms with Crippen molar-refractivity contribution in [3.63, 3.8) is 0 Å². The molecule has 0 fully saturated rings. The monoisotopic (exact) mass is 321 g/mol. The summed E-state index contributed by atoms with van der Waals surface area (Å²) in [6.45, 7) is 0. The first-order valence-corrected chi connectivity index (χ1v) is 7.22. The van der Waals surface area contributed by atoms with Gasteiger partial charge in [0.05, 0.1) is 11.6 Å². The van der Waals surface area contributed by atoms with Crippen molar-refractivity contribution < 1.29 is 9.50 Å². The van der Waals surface area contributed by atoms with Gasteiger partial charge in [-0.1, -0.05) is 12.1 Å². The number of rotatable bonds is 3. The number of para-hydroxylation sites is 1. The van der Waals surface area contributed by atoms with Crippen molar-refractivity contribution in [1.29, 1.82) is 0 Å². The predicted octanol–water partition coefficient (Wildman–Crippen LogP) is 3.40. The van der Waals surface area contributed by atoms with Crippen molar-refractivity contribution in [2.24, 2.45) is 0 Å². The first-order chi connectivity index (χ1) is 11.7. The zero-order valence-corrected chi connectivity index (χ0v) is 12.4. The van der Waals surface area contributed by atoms with Crippen LogP contribution in [0.1, 0.15) is 0 Å². The lowest BCUT2D eigenvalue weighted by Crippen LogP contribution is -2.01. The van der Waals surface area contributed by atoms with E-state index in [0.29, 0.717) is 22.5 Å². The van der Waals surface area contributed by atoms with E-state index in [-0.39, 0.29) is 11.6 Å². The summed E-state index contributed by atoms with van der Waals surface area (Å²) in [5, 5.41) is 17.4. The molecule has 4 aromatic rings. The van der Waals surface area contributed by atoms with Crippen molar-refractivity contribution >= 4 is 22.5 Å². The molecule has 0 aliphatic rings. The van der Waals surface area contributed by atoms with Gasteiger partial charge in [-0.2, -0.15) is 5.10 Å². The molecule has 4 rings (SSSR count). The van der Waals surface area contributed by atoms with Crippen LogP contribution >= 0.6 is 0 Å². The van der Waals surface area contributed by atoms with Crippen LogP contribution in [0.4, 0.5) is 15.9 Å². The second-order valence-corrected chi connectivity index (χ2v) is 5.14. The number of hydrogen-bond donors (Lipinski definition) is 2. The maximum absolute atomic E-state index is 14.0. The Kier molecular flexibility index (Phi) is 3.31. The van der Waals surface area contributed by atoms with Crippen molar-refractivity contribution in [3.8, 4) is 11.4 Å². The summed E-state index contributed by atoms with van der Waals surface area (Å²) in [5.74, 6) is 0.350. The summed E-state index contributed by atoms with van der Waals surface area (Å²) in [6.07, 6.45) is 2.98. The summed E-state index contributed by atoms with van der Waals surface area (Å²) >= 11 is 0. The topological polar surface area (TPSA) is 75.9 Å². The maximum Gasteiger partial charge on any atom is 0.168 e. The van der Waals surface area contributed by atoms with Crippen LogP contribution in [0.25, 0.3) is 16.7 Å². The lowest BCUT2D eigenvalue weighted by Gasteiger charge is -2.07. The molecule has 0 radical (unpaired) electrons. The number of aromatic hydroxyl groups is 1. The van der Waals surface area contributed by atoms with Gasteiger partial charge in [-0.05, 0) is 36.4 Å². The minimum Gasteiger partial charge on any atom is -0.508 e. The molecule has 24 heavy (non-hydrogen) atoms. The van der Waals surface area contributed by atoms with E-state index in [0.717, 1.165) is 5.69 Å². The second kappa shape index (κ2) is 5.62.